The molecule has 2 rings (SSSR count). The molecule has 2 aromatic rings. The summed E-state index contributed by atoms with van der Waals surface area (Å²) in [5.41, 5.74) is 3.75. The SMILES string of the molecule is Cc1cc(NCc2cc(Cl)ccc2Cl)c(C)cc1O. The van der Waals surface area contributed by atoms with E-state index in [0.29, 0.717) is 22.3 Å². The second-order valence-corrected chi connectivity index (χ2v) is 5.39. The highest BCUT2D eigenvalue weighted by molar-refractivity contribution is 6.33. The maximum atomic E-state index is 9.62. The zero-order valence-corrected chi connectivity index (χ0v) is 12.3. The first-order chi connectivity index (χ1) is 8.97. The number of rotatable bonds is 3. The van der Waals surface area contributed by atoms with E-state index >= 15 is 0 Å². The summed E-state index contributed by atoms with van der Waals surface area (Å²) in [6.45, 7) is 4.40. The third-order valence-electron chi connectivity index (χ3n) is 3.02. The van der Waals surface area contributed by atoms with Crippen molar-refractivity contribution in [2.24, 2.45) is 0 Å². The molecule has 19 heavy (non-hydrogen) atoms. The lowest BCUT2D eigenvalue weighted by atomic mass is 10.1. The lowest BCUT2D eigenvalue weighted by Gasteiger charge is -2.12. The lowest BCUT2D eigenvalue weighted by molar-refractivity contribution is 0.471. The Morgan fingerprint density at radius 1 is 1.05 bits per heavy atom. The minimum absolute atomic E-state index is 0.309. The first-order valence-corrected chi connectivity index (χ1v) is 6.71. The molecule has 0 atom stereocenters. The molecule has 2 aromatic carbocycles. The van der Waals surface area contributed by atoms with E-state index in [2.05, 4.69) is 5.32 Å². The lowest BCUT2D eigenvalue weighted by Crippen LogP contribution is -2.02. The van der Waals surface area contributed by atoms with Crippen LogP contribution in [0.15, 0.2) is 30.3 Å². The quantitative estimate of drug-likeness (QED) is 0.787. The molecule has 0 spiro atoms. The van der Waals surface area contributed by atoms with E-state index in [4.69, 9.17) is 23.2 Å². The Morgan fingerprint density at radius 2 is 1.79 bits per heavy atom. The highest BCUT2D eigenvalue weighted by atomic mass is 35.5. The molecule has 0 aliphatic rings. The van der Waals surface area contributed by atoms with Crippen molar-refractivity contribution in [2.75, 3.05) is 5.32 Å². The molecular formula is C15H15Cl2NO. The fourth-order valence-corrected chi connectivity index (χ4v) is 2.24. The summed E-state index contributed by atoms with van der Waals surface area (Å²) in [7, 11) is 0. The summed E-state index contributed by atoms with van der Waals surface area (Å²) in [5.74, 6) is 0.309. The number of aryl methyl sites for hydroxylation is 2. The van der Waals surface area contributed by atoms with E-state index in [-0.39, 0.29) is 0 Å². The van der Waals surface area contributed by atoms with E-state index in [1.54, 1.807) is 18.2 Å². The van der Waals surface area contributed by atoms with E-state index in [0.717, 1.165) is 22.4 Å². The van der Waals surface area contributed by atoms with Crippen molar-refractivity contribution in [3.05, 3.63) is 57.1 Å². The monoisotopic (exact) mass is 295 g/mol. The molecule has 100 valence electrons. The second-order valence-electron chi connectivity index (χ2n) is 4.54. The number of hydrogen-bond donors (Lipinski definition) is 2. The Morgan fingerprint density at radius 3 is 2.53 bits per heavy atom. The van der Waals surface area contributed by atoms with E-state index in [1.807, 2.05) is 26.0 Å². The van der Waals surface area contributed by atoms with Gasteiger partial charge in [0, 0.05) is 22.3 Å². The molecule has 2 N–H and O–H groups in total. The van der Waals surface area contributed by atoms with Gasteiger partial charge in [0.1, 0.15) is 5.75 Å². The van der Waals surface area contributed by atoms with Crippen molar-refractivity contribution in [2.45, 2.75) is 20.4 Å². The highest BCUT2D eigenvalue weighted by Gasteiger charge is 2.05. The summed E-state index contributed by atoms with van der Waals surface area (Å²) in [6.07, 6.45) is 0. The molecule has 0 aliphatic heterocycles. The van der Waals surface area contributed by atoms with Gasteiger partial charge in [-0.15, -0.1) is 0 Å². The van der Waals surface area contributed by atoms with Crippen molar-refractivity contribution in [3.63, 3.8) is 0 Å². The van der Waals surface area contributed by atoms with Crippen LogP contribution in [0.3, 0.4) is 0 Å². The minimum Gasteiger partial charge on any atom is -0.508 e. The normalized spacial score (nSPS) is 10.5. The Balaban J connectivity index is 2.19. The van der Waals surface area contributed by atoms with Crippen LogP contribution in [-0.2, 0) is 6.54 Å². The smallest absolute Gasteiger partial charge is 0.118 e. The van der Waals surface area contributed by atoms with Gasteiger partial charge in [-0.25, -0.2) is 0 Å². The molecule has 0 aliphatic carbocycles. The predicted molar refractivity (Wildman–Crippen MR) is 81.4 cm³/mol. The molecule has 0 radical (unpaired) electrons. The van der Waals surface area contributed by atoms with Crippen LogP contribution in [0.2, 0.25) is 10.0 Å². The fourth-order valence-electron chi connectivity index (χ4n) is 1.86. The van der Waals surface area contributed by atoms with E-state index in [9.17, 15) is 5.11 Å². The number of aromatic hydroxyl groups is 1. The molecular weight excluding hydrogens is 281 g/mol. The number of benzene rings is 2. The second kappa shape index (κ2) is 5.72. The van der Waals surface area contributed by atoms with Crippen molar-refractivity contribution in [3.8, 4) is 5.75 Å². The maximum Gasteiger partial charge on any atom is 0.118 e. The van der Waals surface area contributed by atoms with Gasteiger partial charge >= 0.3 is 0 Å². The zero-order valence-electron chi connectivity index (χ0n) is 10.8. The van der Waals surface area contributed by atoms with Crippen LogP contribution in [-0.4, -0.2) is 5.11 Å². The van der Waals surface area contributed by atoms with Crippen LogP contribution in [0, 0.1) is 13.8 Å². The number of phenolic OH excluding ortho intramolecular Hbond substituents is 1. The molecule has 2 nitrogen and oxygen atoms in total. The maximum absolute atomic E-state index is 9.62. The van der Waals surface area contributed by atoms with E-state index in [1.165, 1.54) is 0 Å². The van der Waals surface area contributed by atoms with Gasteiger partial charge in [-0.2, -0.15) is 0 Å². The molecule has 0 aromatic heterocycles. The standard InChI is InChI=1S/C15H15Cl2NO/c1-9-6-15(19)10(2)5-14(9)18-8-11-7-12(16)3-4-13(11)17/h3-7,18-19H,8H2,1-2H3. The number of halogens is 2. The van der Waals surface area contributed by atoms with Crippen LogP contribution in [0.25, 0.3) is 0 Å². The van der Waals surface area contributed by atoms with Crippen LogP contribution >= 0.6 is 23.2 Å². The Kier molecular flexibility index (Phi) is 4.23. The van der Waals surface area contributed by atoms with E-state index < -0.39 is 0 Å². The summed E-state index contributed by atoms with van der Waals surface area (Å²) in [6, 6.07) is 9.07. The summed E-state index contributed by atoms with van der Waals surface area (Å²) in [4.78, 5) is 0. The predicted octanol–water partition coefficient (Wildman–Crippen LogP) is 4.93. The van der Waals surface area contributed by atoms with Crippen LogP contribution in [0.1, 0.15) is 16.7 Å². The Bertz CT molecular complexity index is 611. The molecule has 4 heteroatoms. The van der Waals surface area contributed by atoms with Crippen LogP contribution in [0.4, 0.5) is 5.69 Å². The molecule has 0 unspecified atom stereocenters. The van der Waals surface area contributed by atoms with Crippen LogP contribution < -0.4 is 5.32 Å². The average Bonchev–Trinajstić information content (AvgIpc) is 2.36. The molecule has 0 heterocycles. The summed E-state index contributed by atoms with van der Waals surface area (Å²) < 4.78 is 0. The van der Waals surface area contributed by atoms with Gasteiger partial charge in [-0.05, 0) is 60.9 Å². The van der Waals surface area contributed by atoms with Gasteiger partial charge < -0.3 is 10.4 Å². The number of nitrogens with one attached hydrogen (secondary N) is 1. The molecule has 0 fully saturated rings. The molecule has 0 saturated carbocycles. The highest BCUT2D eigenvalue weighted by Crippen LogP contribution is 2.27. The third-order valence-corrected chi connectivity index (χ3v) is 3.62. The summed E-state index contributed by atoms with van der Waals surface area (Å²) >= 11 is 12.1. The first kappa shape index (κ1) is 14.0. The van der Waals surface area contributed by atoms with Crippen LogP contribution in [0.5, 0.6) is 5.75 Å². The van der Waals surface area contributed by atoms with Crippen molar-refractivity contribution in [1.29, 1.82) is 0 Å². The van der Waals surface area contributed by atoms with Gasteiger partial charge in [-0.3, -0.25) is 0 Å². The molecule has 0 bridgehead atoms. The number of phenols is 1. The molecule has 0 amide bonds. The fraction of sp³-hybridized carbons (Fsp3) is 0.200. The topological polar surface area (TPSA) is 32.3 Å². The van der Waals surface area contributed by atoms with Crippen molar-refractivity contribution >= 4 is 28.9 Å². The Hall–Kier alpha value is -1.38. The third kappa shape index (κ3) is 3.34. The number of anilines is 1. The largest absolute Gasteiger partial charge is 0.508 e. The van der Waals surface area contributed by atoms with Gasteiger partial charge in [-0.1, -0.05) is 23.2 Å². The van der Waals surface area contributed by atoms with Gasteiger partial charge in [0.2, 0.25) is 0 Å². The first-order valence-electron chi connectivity index (χ1n) is 5.95. The van der Waals surface area contributed by atoms with Gasteiger partial charge in [0.25, 0.3) is 0 Å². The molecule has 0 saturated heterocycles. The van der Waals surface area contributed by atoms with Crippen molar-refractivity contribution in [1.82, 2.24) is 0 Å². The van der Waals surface area contributed by atoms with Gasteiger partial charge in [0.15, 0.2) is 0 Å². The Labute approximate surface area is 123 Å². The van der Waals surface area contributed by atoms with Gasteiger partial charge in [0.05, 0.1) is 0 Å². The minimum atomic E-state index is 0.309. The summed E-state index contributed by atoms with van der Waals surface area (Å²) in [5, 5.41) is 14.3. The van der Waals surface area contributed by atoms with Crippen molar-refractivity contribution < 1.29 is 5.11 Å². The zero-order chi connectivity index (χ0) is 14.0. The average molecular weight is 296 g/mol. The number of hydrogen-bond acceptors (Lipinski definition) is 2.